The Hall–Kier alpha value is -0.600. The van der Waals surface area contributed by atoms with Crippen LogP contribution in [0, 0.1) is 0 Å². The lowest BCUT2D eigenvalue weighted by molar-refractivity contribution is 0.311. The van der Waals surface area contributed by atoms with E-state index in [-0.39, 0.29) is 0 Å². The molecule has 2 nitrogen and oxygen atoms in total. The third-order valence-electron chi connectivity index (χ3n) is 0.618. The topological polar surface area (TPSA) is 32.6 Å². The van der Waals surface area contributed by atoms with Crippen molar-refractivity contribution in [1.82, 2.24) is 0 Å². The van der Waals surface area contributed by atoms with Gasteiger partial charge in [0.2, 0.25) is 0 Å². The summed E-state index contributed by atoms with van der Waals surface area (Å²) < 4.78 is 11.8. The molecule has 0 rings (SSSR count). The molecule has 0 aromatic heterocycles. The molecule has 1 atom stereocenters. The quantitative estimate of drug-likeness (QED) is 0.319. The normalized spacial score (nSPS) is 15.1. The fourth-order valence-electron chi connectivity index (χ4n) is 0.178. The molecule has 3 heteroatoms. The molecule has 0 saturated heterocycles. The Kier molecular flexibility index (Phi) is 3.28. The van der Waals surface area contributed by atoms with Crippen molar-refractivity contribution in [3.63, 3.8) is 0 Å². The fraction of sp³-hybridized carbons (Fsp3) is 0.750. The van der Waals surface area contributed by atoms with Gasteiger partial charge in [0, 0.05) is 0 Å². The Morgan fingerprint density at radius 3 is 2.71 bits per heavy atom. The smallest absolute Gasteiger partial charge is 0.138 e. The van der Waals surface area contributed by atoms with Crippen LogP contribution in [0.25, 0.3) is 0 Å². The second kappa shape index (κ2) is 3.59. The largest absolute Gasteiger partial charge is 0.411 e. The van der Waals surface area contributed by atoms with E-state index in [1.807, 2.05) is 0 Å². The van der Waals surface area contributed by atoms with Crippen LogP contribution in [-0.2, 0) is 0 Å². The number of hydrogen-bond donors (Lipinski definition) is 1. The number of hydrogen-bond acceptors (Lipinski definition) is 2. The van der Waals surface area contributed by atoms with Crippen molar-refractivity contribution in [3.05, 3.63) is 0 Å². The van der Waals surface area contributed by atoms with E-state index >= 15 is 0 Å². The summed E-state index contributed by atoms with van der Waals surface area (Å²) in [4.78, 5) is 0. The molecule has 0 saturated carbocycles. The van der Waals surface area contributed by atoms with E-state index in [0.29, 0.717) is 6.42 Å². The minimum atomic E-state index is -1.09. The lowest BCUT2D eigenvalue weighted by Gasteiger charge is -1.89. The minimum Gasteiger partial charge on any atom is -0.411 e. The van der Waals surface area contributed by atoms with Gasteiger partial charge in [-0.05, 0) is 6.42 Å². The second-order valence-electron chi connectivity index (χ2n) is 1.19. The van der Waals surface area contributed by atoms with E-state index in [9.17, 15) is 4.39 Å². The van der Waals surface area contributed by atoms with Crippen LogP contribution in [0.5, 0.6) is 0 Å². The maximum absolute atomic E-state index is 11.8. The molecular formula is C4H8FNO. The lowest BCUT2D eigenvalue weighted by atomic mass is 10.3. The zero-order valence-electron chi connectivity index (χ0n) is 4.13. The van der Waals surface area contributed by atoms with Crippen LogP contribution in [0.2, 0.25) is 0 Å². The van der Waals surface area contributed by atoms with Gasteiger partial charge in [-0.2, -0.15) is 0 Å². The van der Waals surface area contributed by atoms with Crippen LogP contribution in [0.4, 0.5) is 4.39 Å². The number of rotatable bonds is 2. The van der Waals surface area contributed by atoms with Crippen molar-refractivity contribution >= 4 is 6.21 Å². The van der Waals surface area contributed by atoms with Crippen molar-refractivity contribution in [1.29, 1.82) is 0 Å². The molecule has 0 aromatic rings. The molecule has 0 fully saturated rings. The molecule has 0 amide bonds. The number of halogens is 1. The molecule has 0 aliphatic carbocycles. The van der Waals surface area contributed by atoms with E-state index in [0.717, 1.165) is 6.21 Å². The fourth-order valence-corrected chi connectivity index (χ4v) is 0.178. The minimum absolute atomic E-state index is 0.365. The van der Waals surface area contributed by atoms with Gasteiger partial charge in [0.05, 0.1) is 6.21 Å². The Balaban J connectivity index is 3.16. The monoisotopic (exact) mass is 105 g/mol. The van der Waals surface area contributed by atoms with Crippen molar-refractivity contribution < 1.29 is 9.60 Å². The summed E-state index contributed by atoms with van der Waals surface area (Å²) in [5.74, 6) is 0. The van der Waals surface area contributed by atoms with Gasteiger partial charge in [0.25, 0.3) is 0 Å². The predicted molar refractivity (Wildman–Crippen MR) is 25.5 cm³/mol. The first-order valence-corrected chi connectivity index (χ1v) is 2.13. The summed E-state index contributed by atoms with van der Waals surface area (Å²) in [5.41, 5.74) is 0. The number of alkyl halides is 1. The van der Waals surface area contributed by atoms with E-state index < -0.39 is 6.17 Å². The average Bonchev–Trinajstić information content (AvgIpc) is 1.68. The summed E-state index contributed by atoms with van der Waals surface area (Å²) in [6.45, 7) is 1.67. The van der Waals surface area contributed by atoms with Crippen LogP contribution in [-0.4, -0.2) is 17.6 Å². The summed E-state index contributed by atoms with van der Waals surface area (Å²) in [5, 5.41) is 10.2. The highest BCUT2D eigenvalue weighted by Gasteiger charge is 1.94. The van der Waals surface area contributed by atoms with Crippen molar-refractivity contribution in [2.75, 3.05) is 0 Å². The van der Waals surface area contributed by atoms with E-state index in [4.69, 9.17) is 5.21 Å². The van der Waals surface area contributed by atoms with Crippen LogP contribution >= 0.6 is 0 Å². The Morgan fingerprint density at radius 1 is 2.00 bits per heavy atom. The maximum atomic E-state index is 11.8. The lowest BCUT2D eigenvalue weighted by Crippen LogP contribution is -1.97. The Labute approximate surface area is 41.6 Å². The molecule has 7 heavy (non-hydrogen) atoms. The van der Waals surface area contributed by atoms with Gasteiger partial charge in [0.15, 0.2) is 0 Å². The summed E-state index contributed by atoms with van der Waals surface area (Å²) >= 11 is 0. The van der Waals surface area contributed by atoms with Crippen molar-refractivity contribution in [2.45, 2.75) is 19.5 Å². The van der Waals surface area contributed by atoms with Crippen LogP contribution in [0.15, 0.2) is 5.16 Å². The summed E-state index contributed by atoms with van der Waals surface area (Å²) in [6.07, 6.45) is 0.134. The molecule has 0 aliphatic heterocycles. The molecule has 0 bridgehead atoms. The zero-order chi connectivity index (χ0) is 5.70. The highest BCUT2D eigenvalue weighted by molar-refractivity contribution is 5.61. The van der Waals surface area contributed by atoms with Gasteiger partial charge in [0.1, 0.15) is 6.17 Å². The third kappa shape index (κ3) is 3.22. The first-order valence-electron chi connectivity index (χ1n) is 2.13. The van der Waals surface area contributed by atoms with Crippen LogP contribution in [0.3, 0.4) is 0 Å². The van der Waals surface area contributed by atoms with Gasteiger partial charge in [-0.25, -0.2) is 4.39 Å². The van der Waals surface area contributed by atoms with E-state index in [2.05, 4.69) is 5.16 Å². The molecule has 1 unspecified atom stereocenters. The highest BCUT2D eigenvalue weighted by atomic mass is 19.1. The molecule has 42 valence electrons. The summed E-state index contributed by atoms with van der Waals surface area (Å²) in [6, 6.07) is 0. The number of nitrogens with zero attached hydrogens (tertiary/aromatic N) is 1. The summed E-state index contributed by atoms with van der Waals surface area (Å²) in [7, 11) is 0. The second-order valence-corrected chi connectivity index (χ2v) is 1.19. The van der Waals surface area contributed by atoms with Gasteiger partial charge in [-0.15, -0.1) is 0 Å². The van der Waals surface area contributed by atoms with Crippen LogP contribution in [0.1, 0.15) is 13.3 Å². The molecule has 0 aromatic carbocycles. The van der Waals surface area contributed by atoms with Gasteiger partial charge >= 0.3 is 0 Å². The zero-order valence-corrected chi connectivity index (χ0v) is 4.13. The standard InChI is InChI=1S/C4H8FNO/c1-2-4(5)3-6-7/h3-4,7H,2H2,1H3. The van der Waals surface area contributed by atoms with Gasteiger partial charge in [-0.3, -0.25) is 0 Å². The molecule has 0 heterocycles. The molecule has 0 spiro atoms. The van der Waals surface area contributed by atoms with Crippen molar-refractivity contribution in [2.24, 2.45) is 5.16 Å². The van der Waals surface area contributed by atoms with Gasteiger partial charge in [-0.1, -0.05) is 12.1 Å². The third-order valence-corrected chi connectivity index (χ3v) is 0.618. The van der Waals surface area contributed by atoms with Crippen LogP contribution < -0.4 is 0 Å². The molecular weight excluding hydrogens is 97.0 g/mol. The highest BCUT2D eigenvalue weighted by Crippen LogP contribution is 1.89. The SMILES string of the molecule is CCC(F)C=NO. The first-order chi connectivity index (χ1) is 3.31. The average molecular weight is 105 g/mol. The maximum Gasteiger partial charge on any atom is 0.138 e. The van der Waals surface area contributed by atoms with Gasteiger partial charge < -0.3 is 5.21 Å². The first kappa shape index (κ1) is 6.40. The molecule has 0 radical (unpaired) electrons. The Morgan fingerprint density at radius 2 is 2.57 bits per heavy atom. The number of oxime groups is 1. The predicted octanol–water partition coefficient (Wildman–Crippen LogP) is 1.19. The van der Waals surface area contributed by atoms with Crippen molar-refractivity contribution in [3.8, 4) is 0 Å². The van der Waals surface area contributed by atoms with E-state index in [1.54, 1.807) is 6.92 Å². The Bertz CT molecular complexity index is 64.7. The van der Waals surface area contributed by atoms with E-state index in [1.165, 1.54) is 0 Å². The molecule has 1 N–H and O–H groups in total. The molecule has 0 aliphatic rings.